The van der Waals surface area contributed by atoms with Gasteiger partial charge in [-0.1, -0.05) is 54.9 Å². The Balaban J connectivity index is 2.24. The molecule has 21 heavy (non-hydrogen) atoms. The molecule has 1 aromatic rings. The molecule has 1 saturated carbocycles. The molecule has 1 nitrogen and oxygen atoms in total. The highest BCUT2D eigenvalue weighted by atomic mass is 79.9. The van der Waals surface area contributed by atoms with Gasteiger partial charge >= 0.3 is 0 Å². The van der Waals surface area contributed by atoms with Gasteiger partial charge in [-0.25, -0.2) is 0 Å². The second kappa shape index (κ2) is 5.70. The van der Waals surface area contributed by atoms with E-state index < -0.39 is 0 Å². The Kier molecular flexibility index (Phi) is 4.62. The van der Waals surface area contributed by atoms with E-state index in [1.165, 1.54) is 22.9 Å². The van der Waals surface area contributed by atoms with Crippen molar-refractivity contribution in [3.05, 3.63) is 34.3 Å². The third kappa shape index (κ3) is 3.90. The average molecular weight is 352 g/mol. The lowest BCUT2D eigenvalue weighted by molar-refractivity contribution is 0.0406. The van der Waals surface area contributed by atoms with Gasteiger partial charge in [-0.05, 0) is 56.6 Å². The minimum atomic E-state index is 0.168. The predicted molar refractivity (Wildman–Crippen MR) is 95.8 cm³/mol. The summed E-state index contributed by atoms with van der Waals surface area (Å²) in [5, 5.41) is 3.74. The van der Waals surface area contributed by atoms with Crippen molar-refractivity contribution in [2.75, 3.05) is 6.54 Å². The molecule has 2 rings (SSSR count). The fraction of sp³-hybridized carbons (Fsp3) is 0.684. The summed E-state index contributed by atoms with van der Waals surface area (Å²) >= 11 is 3.77. The summed E-state index contributed by atoms with van der Waals surface area (Å²) in [6, 6.07) is 8.76. The van der Waals surface area contributed by atoms with E-state index in [0.29, 0.717) is 5.41 Å². The van der Waals surface area contributed by atoms with E-state index in [9.17, 15) is 0 Å². The fourth-order valence-electron chi connectivity index (χ4n) is 3.28. The summed E-state index contributed by atoms with van der Waals surface area (Å²) in [5.41, 5.74) is 2.33. The maximum Gasteiger partial charge on any atom is 0.0213 e. The summed E-state index contributed by atoms with van der Waals surface area (Å²) in [7, 11) is 0. The van der Waals surface area contributed by atoms with Crippen molar-refractivity contribution in [2.24, 2.45) is 11.3 Å². The Hall–Kier alpha value is -0.340. The number of benzene rings is 1. The van der Waals surface area contributed by atoms with E-state index in [0.717, 1.165) is 12.5 Å². The number of nitrogens with one attached hydrogen (secondary N) is 1. The molecular weight excluding hydrogens is 322 g/mol. The van der Waals surface area contributed by atoms with E-state index in [4.69, 9.17) is 0 Å². The van der Waals surface area contributed by atoms with Crippen LogP contribution >= 0.6 is 15.9 Å². The predicted octanol–water partition coefficient (Wildman–Crippen LogP) is 5.53. The molecular formula is C19H30BrN. The minimum absolute atomic E-state index is 0.168. The van der Waals surface area contributed by atoms with Gasteiger partial charge in [-0.2, -0.15) is 0 Å². The van der Waals surface area contributed by atoms with Crippen LogP contribution in [0.2, 0.25) is 0 Å². The SMILES string of the molecule is CC(C)(C)NCC1(c2ccccc2Br)CC(C(C)(C)C)C1. The third-order valence-corrected chi connectivity index (χ3v) is 5.59. The molecule has 0 heterocycles. The van der Waals surface area contributed by atoms with Crippen LogP contribution in [0.25, 0.3) is 0 Å². The van der Waals surface area contributed by atoms with E-state index in [-0.39, 0.29) is 11.0 Å². The Labute approximate surface area is 139 Å². The van der Waals surface area contributed by atoms with Crippen molar-refractivity contribution >= 4 is 15.9 Å². The largest absolute Gasteiger partial charge is 0.311 e. The summed E-state index contributed by atoms with van der Waals surface area (Å²) < 4.78 is 1.26. The number of hydrogen-bond acceptors (Lipinski definition) is 1. The normalized spacial score (nSPS) is 26.5. The molecule has 0 aliphatic heterocycles. The van der Waals surface area contributed by atoms with Crippen LogP contribution in [-0.2, 0) is 5.41 Å². The molecule has 0 radical (unpaired) electrons. The first-order valence-corrected chi connectivity index (χ1v) is 8.83. The highest BCUT2D eigenvalue weighted by Gasteiger charge is 2.50. The fourth-order valence-corrected chi connectivity index (χ4v) is 3.99. The number of hydrogen-bond donors (Lipinski definition) is 1. The first-order chi connectivity index (χ1) is 9.54. The van der Waals surface area contributed by atoms with Crippen LogP contribution in [-0.4, -0.2) is 12.1 Å². The van der Waals surface area contributed by atoms with Crippen molar-refractivity contribution in [3.63, 3.8) is 0 Å². The zero-order valence-corrected chi connectivity index (χ0v) is 16.0. The molecule has 0 unspecified atom stereocenters. The second-order valence-corrected chi connectivity index (χ2v) is 9.69. The van der Waals surface area contributed by atoms with E-state index in [1.54, 1.807) is 0 Å². The summed E-state index contributed by atoms with van der Waals surface area (Å²) in [6.07, 6.45) is 2.56. The Morgan fingerprint density at radius 2 is 1.67 bits per heavy atom. The van der Waals surface area contributed by atoms with Gasteiger partial charge < -0.3 is 5.32 Å². The van der Waals surface area contributed by atoms with Gasteiger partial charge in [0.1, 0.15) is 0 Å². The zero-order valence-electron chi connectivity index (χ0n) is 14.4. The van der Waals surface area contributed by atoms with Crippen molar-refractivity contribution < 1.29 is 0 Å². The lowest BCUT2D eigenvalue weighted by atomic mass is 9.52. The molecule has 1 N–H and O–H groups in total. The molecule has 0 atom stereocenters. The van der Waals surface area contributed by atoms with E-state index in [2.05, 4.69) is 87.1 Å². The monoisotopic (exact) mass is 351 g/mol. The quantitative estimate of drug-likeness (QED) is 0.754. The van der Waals surface area contributed by atoms with Crippen molar-refractivity contribution in [1.29, 1.82) is 0 Å². The second-order valence-electron chi connectivity index (χ2n) is 8.83. The third-order valence-electron chi connectivity index (χ3n) is 4.90. The first-order valence-electron chi connectivity index (χ1n) is 8.04. The van der Waals surface area contributed by atoms with Crippen LogP contribution in [0.4, 0.5) is 0 Å². The summed E-state index contributed by atoms with van der Waals surface area (Å²) in [5.74, 6) is 0.811. The van der Waals surface area contributed by atoms with Gasteiger partial charge in [-0.3, -0.25) is 0 Å². The summed E-state index contributed by atoms with van der Waals surface area (Å²) in [4.78, 5) is 0. The van der Waals surface area contributed by atoms with Crippen LogP contribution < -0.4 is 5.32 Å². The molecule has 2 heteroatoms. The number of halogens is 1. The summed E-state index contributed by atoms with van der Waals surface area (Å²) in [6.45, 7) is 14.9. The lowest BCUT2D eigenvalue weighted by Gasteiger charge is -2.54. The topological polar surface area (TPSA) is 12.0 Å². The maximum absolute atomic E-state index is 3.77. The lowest BCUT2D eigenvalue weighted by Crippen LogP contribution is -2.55. The minimum Gasteiger partial charge on any atom is -0.311 e. The first kappa shape index (κ1) is 17.0. The van der Waals surface area contributed by atoms with Gasteiger partial charge in [0.2, 0.25) is 0 Å². The molecule has 1 aliphatic rings. The molecule has 0 aromatic heterocycles. The molecule has 0 spiro atoms. The molecule has 0 amide bonds. The highest BCUT2D eigenvalue weighted by Crippen LogP contribution is 2.55. The number of rotatable bonds is 3. The van der Waals surface area contributed by atoms with Crippen LogP contribution in [0.3, 0.4) is 0 Å². The molecule has 118 valence electrons. The van der Waals surface area contributed by atoms with Gasteiger partial charge in [0.15, 0.2) is 0 Å². The van der Waals surface area contributed by atoms with Gasteiger partial charge in [0.25, 0.3) is 0 Å². The van der Waals surface area contributed by atoms with Crippen molar-refractivity contribution in [1.82, 2.24) is 5.32 Å². The van der Waals surface area contributed by atoms with Crippen LogP contribution in [0.5, 0.6) is 0 Å². The standard InChI is InChI=1S/C19H30BrN/c1-17(2,3)14-11-19(12-14,13-21-18(4,5)6)15-9-7-8-10-16(15)20/h7-10,14,21H,11-13H2,1-6H3. The molecule has 1 aromatic carbocycles. The highest BCUT2D eigenvalue weighted by molar-refractivity contribution is 9.10. The molecule has 0 bridgehead atoms. The van der Waals surface area contributed by atoms with E-state index in [1.807, 2.05) is 0 Å². The Bertz CT molecular complexity index is 482. The van der Waals surface area contributed by atoms with Gasteiger partial charge in [-0.15, -0.1) is 0 Å². The molecule has 0 saturated heterocycles. The maximum atomic E-state index is 3.77. The van der Waals surface area contributed by atoms with Crippen molar-refractivity contribution in [3.8, 4) is 0 Å². The Morgan fingerprint density at radius 1 is 1.10 bits per heavy atom. The van der Waals surface area contributed by atoms with E-state index >= 15 is 0 Å². The molecule has 1 fully saturated rings. The van der Waals surface area contributed by atoms with Crippen LogP contribution in [0.15, 0.2) is 28.7 Å². The van der Waals surface area contributed by atoms with Gasteiger partial charge in [0.05, 0.1) is 0 Å². The van der Waals surface area contributed by atoms with Crippen molar-refractivity contribution in [2.45, 2.75) is 65.3 Å². The Morgan fingerprint density at radius 3 is 2.14 bits per heavy atom. The van der Waals surface area contributed by atoms with Crippen LogP contribution in [0, 0.1) is 11.3 Å². The smallest absolute Gasteiger partial charge is 0.0213 e. The molecule has 1 aliphatic carbocycles. The zero-order chi connectivity index (χ0) is 15.9. The average Bonchev–Trinajstić information content (AvgIpc) is 2.26. The van der Waals surface area contributed by atoms with Gasteiger partial charge in [0, 0.05) is 22.0 Å². The van der Waals surface area contributed by atoms with Crippen LogP contribution in [0.1, 0.15) is 59.9 Å².